The summed E-state index contributed by atoms with van der Waals surface area (Å²) in [6.45, 7) is 1.82. The Hall–Kier alpha value is -2.51. The second kappa shape index (κ2) is 5.01. The number of carbonyl (C=O) groups excluding carboxylic acids is 1. The van der Waals surface area contributed by atoms with Gasteiger partial charge < -0.3 is 9.47 Å². The second-order valence-electron chi connectivity index (χ2n) is 3.61. The molecule has 2 rings (SSSR count). The van der Waals surface area contributed by atoms with Crippen molar-refractivity contribution in [3.8, 4) is 6.01 Å². The topological polar surface area (TPSA) is 96.2 Å². The number of rotatable bonds is 3. The van der Waals surface area contributed by atoms with Crippen molar-refractivity contribution in [3.63, 3.8) is 0 Å². The summed E-state index contributed by atoms with van der Waals surface area (Å²) >= 11 is 0. The zero-order valence-electron chi connectivity index (χ0n) is 10.7. The maximum Gasteiger partial charge on any atom is 0.362 e. The molecule has 100 valence electrons. The molecule has 0 aromatic carbocycles. The highest BCUT2D eigenvalue weighted by Gasteiger charge is 2.18. The lowest BCUT2D eigenvalue weighted by molar-refractivity contribution is 0.0517. The van der Waals surface area contributed by atoms with Crippen LogP contribution in [0.3, 0.4) is 0 Å². The molecule has 2 aromatic rings. The van der Waals surface area contributed by atoms with Gasteiger partial charge in [0.2, 0.25) is 5.69 Å². The predicted molar refractivity (Wildman–Crippen MR) is 65.1 cm³/mol. The smallest absolute Gasteiger partial charge is 0.362 e. The molecule has 0 aliphatic rings. The van der Waals surface area contributed by atoms with Crippen LogP contribution in [0, 0.1) is 0 Å². The number of aryl methyl sites for hydroxylation is 1. The van der Waals surface area contributed by atoms with Crippen molar-refractivity contribution in [1.29, 1.82) is 0 Å². The van der Waals surface area contributed by atoms with E-state index in [1.54, 1.807) is 6.92 Å². The van der Waals surface area contributed by atoms with Crippen LogP contribution >= 0.6 is 0 Å². The second-order valence-corrected chi connectivity index (χ2v) is 3.61. The number of esters is 1. The van der Waals surface area contributed by atoms with Gasteiger partial charge in [-0.2, -0.15) is 4.98 Å². The van der Waals surface area contributed by atoms with Crippen LogP contribution in [-0.4, -0.2) is 39.2 Å². The van der Waals surface area contributed by atoms with Gasteiger partial charge in [0.15, 0.2) is 5.65 Å². The monoisotopic (exact) mass is 264 g/mol. The number of hydrogen-bond donors (Lipinski definition) is 0. The summed E-state index contributed by atoms with van der Waals surface area (Å²) in [6, 6.07) is 0.119. The van der Waals surface area contributed by atoms with Crippen molar-refractivity contribution >= 4 is 17.1 Å². The van der Waals surface area contributed by atoms with Gasteiger partial charge in [0.1, 0.15) is 5.52 Å². The molecule has 0 amide bonds. The van der Waals surface area contributed by atoms with Gasteiger partial charge in [0, 0.05) is 7.05 Å². The van der Waals surface area contributed by atoms with E-state index in [9.17, 15) is 9.59 Å². The summed E-state index contributed by atoms with van der Waals surface area (Å²) in [4.78, 5) is 35.5. The first-order valence-electron chi connectivity index (χ1n) is 5.53. The number of carbonyl (C=O) groups is 1. The van der Waals surface area contributed by atoms with Gasteiger partial charge in [-0.25, -0.2) is 14.8 Å². The van der Waals surface area contributed by atoms with Gasteiger partial charge in [0.05, 0.1) is 19.9 Å². The first-order valence-corrected chi connectivity index (χ1v) is 5.53. The predicted octanol–water partition coefficient (Wildman–Crippen LogP) is -0.0912. The maximum absolute atomic E-state index is 12.0. The molecule has 0 fully saturated rings. The lowest BCUT2D eigenvalue weighted by Gasteiger charge is -2.07. The molecule has 8 heteroatoms. The van der Waals surface area contributed by atoms with Gasteiger partial charge in [-0.05, 0) is 6.92 Å². The first kappa shape index (κ1) is 12.9. The molecule has 0 unspecified atom stereocenters. The number of ether oxygens (including phenoxy) is 2. The lowest BCUT2D eigenvalue weighted by Crippen LogP contribution is -2.28. The van der Waals surface area contributed by atoms with Crippen LogP contribution in [-0.2, 0) is 11.8 Å². The number of methoxy groups -OCH3 is 1. The molecule has 0 saturated carbocycles. The lowest BCUT2D eigenvalue weighted by atomic mass is 10.4. The fourth-order valence-corrected chi connectivity index (χ4v) is 1.53. The first-order chi connectivity index (χ1) is 9.08. The molecule has 0 aliphatic carbocycles. The van der Waals surface area contributed by atoms with Gasteiger partial charge in [-0.3, -0.25) is 9.36 Å². The standard InChI is InChI=1S/C11H12N4O4/c1-4-19-10(17)7-9(16)15(2)8-6(13-7)5-12-11(14-8)18-3/h5H,4H2,1-3H3. The molecule has 8 nitrogen and oxygen atoms in total. The summed E-state index contributed by atoms with van der Waals surface area (Å²) in [5.74, 6) is -0.763. The molecule has 0 saturated heterocycles. The Balaban J connectivity index is 2.68. The SMILES string of the molecule is CCOC(=O)c1nc2cnc(OC)nc2n(C)c1=O. The Morgan fingerprint density at radius 3 is 2.79 bits per heavy atom. The van der Waals surface area contributed by atoms with Crippen molar-refractivity contribution in [1.82, 2.24) is 19.5 Å². The Morgan fingerprint density at radius 1 is 1.42 bits per heavy atom. The summed E-state index contributed by atoms with van der Waals surface area (Å²) in [5, 5.41) is 0. The molecule has 0 bridgehead atoms. The Bertz CT molecular complexity index is 695. The minimum Gasteiger partial charge on any atom is -0.467 e. The highest BCUT2D eigenvalue weighted by molar-refractivity contribution is 5.88. The van der Waals surface area contributed by atoms with Crippen molar-refractivity contribution < 1.29 is 14.3 Å². The van der Waals surface area contributed by atoms with E-state index in [4.69, 9.17) is 9.47 Å². The number of fused-ring (bicyclic) bond motifs is 1. The van der Waals surface area contributed by atoms with E-state index in [0.29, 0.717) is 5.52 Å². The molecule has 0 N–H and O–H groups in total. The van der Waals surface area contributed by atoms with Crippen LogP contribution < -0.4 is 10.3 Å². The Labute approximate surface area is 108 Å². The maximum atomic E-state index is 12.0. The molecule has 2 aromatic heterocycles. The fraction of sp³-hybridized carbons (Fsp3) is 0.364. The van der Waals surface area contributed by atoms with Crippen molar-refractivity contribution in [2.75, 3.05) is 13.7 Å². The Morgan fingerprint density at radius 2 is 2.16 bits per heavy atom. The summed E-state index contributed by atoms with van der Waals surface area (Å²) in [6.07, 6.45) is 1.38. The highest BCUT2D eigenvalue weighted by atomic mass is 16.5. The normalized spacial score (nSPS) is 10.5. The van der Waals surface area contributed by atoms with Crippen LogP contribution in [0.2, 0.25) is 0 Å². The minimum absolute atomic E-state index is 0.119. The van der Waals surface area contributed by atoms with E-state index in [1.165, 1.54) is 24.9 Å². The third-order valence-electron chi connectivity index (χ3n) is 2.44. The number of hydrogen-bond acceptors (Lipinski definition) is 7. The van der Waals surface area contributed by atoms with Gasteiger partial charge in [-0.1, -0.05) is 0 Å². The molecule has 19 heavy (non-hydrogen) atoms. The van der Waals surface area contributed by atoms with Gasteiger partial charge in [-0.15, -0.1) is 0 Å². The van der Waals surface area contributed by atoms with Crippen molar-refractivity contribution in [3.05, 3.63) is 22.2 Å². The third kappa shape index (κ3) is 2.24. The van der Waals surface area contributed by atoms with Gasteiger partial charge in [0.25, 0.3) is 5.56 Å². The molecule has 0 aliphatic heterocycles. The number of nitrogens with zero attached hydrogens (tertiary/aromatic N) is 4. The molecule has 0 atom stereocenters. The summed E-state index contributed by atoms with van der Waals surface area (Å²) in [5.41, 5.74) is -0.270. The van der Waals surface area contributed by atoms with Gasteiger partial charge >= 0.3 is 12.0 Å². The molecule has 0 radical (unpaired) electrons. The van der Waals surface area contributed by atoms with Crippen molar-refractivity contribution in [2.24, 2.45) is 7.05 Å². The van der Waals surface area contributed by atoms with E-state index < -0.39 is 11.5 Å². The van der Waals surface area contributed by atoms with E-state index in [1.807, 2.05) is 0 Å². The van der Waals surface area contributed by atoms with E-state index in [-0.39, 0.29) is 24.0 Å². The fourth-order valence-electron chi connectivity index (χ4n) is 1.53. The molecule has 0 spiro atoms. The van der Waals surface area contributed by atoms with Crippen LogP contribution in [0.25, 0.3) is 11.2 Å². The average molecular weight is 264 g/mol. The van der Waals surface area contributed by atoms with Crippen LogP contribution in [0.5, 0.6) is 6.01 Å². The minimum atomic E-state index is -0.763. The van der Waals surface area contributed by atoms with Crippen LogP contribution in [0.4, 0.5) is 0 Å². The number of aromatic nitrogens is 4. The van der Waals surface area contributed by atoms with Crippen LogP contribution in [0.15, 0.2) is 11.0 Å². The molecular weight excluding hydrogens is 252 g/mol. The Kier molecular flexibility index (Phi) is 3.41. The quantitative estimate of drug-likeness (QED) is 0.714. The zero-order chi connectivity index (χ0) is 14.0. The third-order valence-corrected chi connectivity index (χ3v) is 2.44. The van der Waals surface area contributed by atoms with E-state index >= 15 is 0 Å². The molecular formula is C11H12N4O4. The summed E-state index contributed by atoms with van der Waals surface area (Å²) < 4.78 is 10.9. The van der Waals surface area contributed by atoms with Crippen molar-refractivity contribution in [2.45, 2.75) is 6.92 Å². The average Bonchev–Trinajstić information content (AvgIpc) is 2.42. The zero-order valence-corrected chi connectivity index (χ0v) is 10.7. The van der Waals surface area contributed by atoms with E-state index in [0.717, 1.165) is 0 Å². The van der Waals surface area contributed by atoms with E-state index in [2.05, 4.69) is 15.0 Å². The van der Waals surface area contributed by atoms with Crippen LogP contribution in [0.1, 0.15) is 17.4 Å². The largest absolute Gasteiger partial charge is 0.467 e. The highest BCUT2D eigenvalue weighted by Crippen LogP contribution is 2.10. The summed E-state index contributed by atoms with van der Waals surface area (Å²) in [7, 11) is 2.90. The molecule has 2 heterocycles.